The van der Waals surface area contributed by atoms with Gasteiger partial charge in [0.25, 0.3) is 0 Å². The van der Waals surface area contributed by atoms with Crippen molar-refractivity contribution < 1.29 is 39.5 Å². The van der Waals surface area contributed by atoms with E-state index >= 15 is 0 Å². The lowest BCUT2D eigenvalue weighted by Crippen LogP contribution is -2.17. The van der Waals surface area contributed by atoms with E-state index in [2.05, 4.69) is 62.3 Å². The van der Waals surface area contributed by atoms with Crippen LogP contribution >= 0.6 is 0 Å². The number of carboxylic acids is 2. The molecule has 0 heterocycles. The van der Waals surface area contributed by atoms with E-state index in [9.17, 15) is 30.0 Å². The molecule has 5 rings (SSSR count). The van der Waals surface area contributed by atoms with E-state index in [-0.39, 0.29) is 53.4 Å². The summed E-state index contributed by atoms with van der Waals surface area (Å²) in [6.45, 7) is 17.9. The lowest BCUT2D eigenvalue weighted by Gasteiger charge is -2.27. The minimum absolute atomic E-state index is 0.0965. The Kier molecular flexibility index (Phi) is 10.5. The van der Waals surface area contributed by atoms with Crippen LogP contribution < -0.4 is 9.47 Å². The van der Waals surface area contributed by atoms with Gasteiger partial charge >= 0.3 is 11.9 Å². The van der Waals surface area contributed by atoms with Gasteiger partial charge in [0, 0.05) is 25.7 Å². The SMILES string of the molecule is CC(C)(C)c1cc2c(O)c(c1)Cc1cc(C(C)(C)C)cc(c1OCC(=O)O)Cc1cc(C(C)(C)C)cc(c1O)Cc1cccc(c1OCC(=O)O)C2. The lowest BCUT2D eigenvalue weighted by molar-refractivity contribution is -0.140. The molecule has 4 aromatic carbocycles. The molecule has 0 spiro atoms. The van der Waals surface area contributed by atoms with Crippen LogP contribution in [0.25, 0.3) is 0 Å². The molecular formula is C44H52O8. The van der Waals surface area contributed by atoms with E-state index in [0.717, 1.165) is 27.8 Å². The third kappa shape index (κ3) is 8.55. The summed E-state index contributed by atoms with van der Waals surface area (Å²) >= 11 is 0. The number of fused-ring (bicyclic) bond motifs is 8. The zero-order chi connectivity index (χ0) is 38.3. The van der Waals surface area contributed by atoms with Crippen LogP contribution in [0.2, 0.25) is 0 Å². The molecule has 0 radical (unpaired) electrons. The van der Waals surface area contributed by atoms with Crippen LogP contribution in [0, 0.1) is 0 Å². The second-order valence-corrected chi connectivity index (χ2v) is 17.1. The zero-order valence-electron chi connectivity index (χ0n) is 31.9. The number of hydrogen-bond donors (Lipinski definition) is 4. The zero-order valence-corrected chi connectivity index (χ0v) is 31.9. The van der Waals surface area contributed by atoms with Gasteiger partial charge in [-0.1, -0.05) is 117 Å². The molecule has 0 saturated heterocycles. The Balaban J connectivity index is 1.90. The molecule has 276 valence electrons. The molecular weight excluding hydrogens is 656 g/mol. The van der Waals surface area contributed by atoms with Crippen molar-refractivity contribution in [3.8, 4) is 23.0 Å². The van der Waals surface area contributed by atoms with Crippen molar-refractivity contribution >= 4 is 11.9 Å². The second kappa shape index (κ2) is 14.2. The van der Waals surface area contributed by atoms with Gasteiger partial charge in [-0.15, -0.1) is 0 Å². The normalized spacial score (nSPS) is 13.4. The molecule has 0 amide bonds. The third-order valence-electron chi connectivity index (χ3n) is 9.76. The van der Waals surface area contributed by atoms with Crippen molar-refractivity contribution in [2.75, 3.05) is 13.2 Å². The highest BCUT2D eigenvalue weighted by Gasteiger charge is 2.27. The lowest BCUT2D eigenvalue weighted by atomic mass is 9.80. The van der Waals surface area contributed by atoms with Crippen LogP contribution in [-0.4, -0.2) is 45.6 Å². The molecule has 0 aromatic heterocycles. The van der Waals surface area contributed by atoms with Gasteiger partial charge in [0.1, 0.15) is 23.0 Å². The van der Waals surface area contributed by atoms with E-state index < -0.39 is 25.2 Å². The molecule has 0 aliphatic heterocycles. The largest absolute Gasteiger partial charge is 0.507 e. The highest BCUT2D eigenvalue weighted by molar-refractivity contribution is 5.69. The molecule has 4 aromatic rings. The van der Waals surface area contributed by atoms with E-state index in [1.54, 1.807) is 0 Å². The summed E-state index contributed by atoms with van der Waals surface area (Å²) in [5.41, 5.74) is 7.59. The van der Waals surface area contributed by atoms with Crippen LogP contribution in [0.15, 0.2) is 54.6 Å². The number of rotatable bonds is 6. The Morgan fingerprint density at radius 3 is 1.06 bits per heavy atom. The van der Waals surface area contributed by atoms with Gasteiger partial charge in [-0.2, -0.15) is 0 Å². The van der Waals surface area contributed by atoms with Crippen LogP contribution in [0.5, 0.6) is 23.0 Å². The number of phenolic OH excluding ortho intramolecular Hbond substituents is 2. The standard InChI is InChI=1S/C44H52O8/c1-42(2,3)33-17-27-13-25-11-10-12-26(40(25)51-23-36(45)46)14-28-18-34(43(4,5)6)20-30(39(28)50)16-32-22-35(44(7,8)9)21-31(15-29(19-33)38(27)49)41(32)52-24-37(47)48/h10-12,17-22,49-50H,13-16,23-24H2,1-9H3,(H,45,46)(H,47,48). The quantitative estimate of drug-likeness (QED) is 0.138. The number of aromatic hydroxyl groups is 2. The second-order valence-electron chi connectivity index (χ2n) is 17.1. The summed E-state index contributed by atoms with van der Waals surface area (Å²) < 4.78 is 12.1. The maximum Gasteiger partial charge on any atom is 0.341 e. The molecule has 1 aliphatic rings. The van der Waals surface area contributed by atoms with Gasteiger partial charge in [0.2, 0.25) is 0 Å². The number of aliphatic carboxylic acids is 2. The first-order chi connectivity index (χ1) is 24.1. The average Bonchev–Trinajstić information content (AvgIpc) is 3.01. The summed E-state index contributed by atoms with van der Waals surface area (Å²) in [6.07, 6.45) is 0.994. The first kappa shape index (κ1) is 38.3. The number of carboxylic acid groups (broad SMARTS) is 2. The molecule has 0 fully saturated rings. The molecule has 0 unspecified atom stereocenters. The monoisotopic (exact) mass is 708 g/mol. The Morgan fingerprint density at radius 2 is 0.769 bits per heavy atom. The summed E-state index contributed by atoms with van der Waals surface area (Å²) in [5, 5.41) is 43.4. The molecule has 4 N–H and O–H groups in total. The predicted octanol–water partition coefficient (Wildman–Crippen LogP) is 8.59. The minimum Gasteiger partial charge on any atom is -0.507 e. The highest BCUT2D eigenvalue weighted by Crippen LogP contribution is 2.42. The van der Waals surface area contributed by atoms with Crippen molar-refractivity contribution in [3.63, 3.8) is 0 Å². The van der Waals surface area contributed by atoms with Gasteiger partial charge < -0.3 is 29.9 Å². The molecule has 8 nitrogen and oxygen atoms in total. The fourth-order valence-corrected chi connectivity index (χ4v) is 6.75. The van der Waals surface area contributed by atoms with Crippen LogP contribution in [0.1, 0.15) is 124 Å². The number of para-hydroxylation sites is 1. The van der Waals surface area contributed by atoms with Crippen LogP contribution in [0.4, 0.5) is 0 Å². The van der Waals surface area contributed by atoms with Gasteiger partial charge in [-0.05, 0) is 77.4 Å². The number of ether oxygens (including phenoxy) is 2. The highest BCUT2D eigenvalue weighted by atomic mass is 16.5. The maximum absolute atomic E-state index is 12.0. The summed E-state index contributed by atoms with van der Waals surface area (Å²) in [6, 6.07) is 17.7. The summed E-state index contributed by atoms with van der Waals surface area (Å²) in [5.74, 6) is -1.20. The fraction of sp³-hybridized carbons (Fsp3) is 0.409. The van der Waals surface area contributed by atoms with Crippen LogP contribution in [-0.2, 0) is 51.5 Å². The van der Waals surface area contributed by atoms with Gasteiger partial charge in [0.05, 0.1) is 0 Å². The number of benzene rings is 4. The molecule has 8 heteroatoms. The number of phenols is 2. The summed E-state index contributed by atoms with van der Waals surface area (Å²) in [7, 11) is 0. The molecule has 8 bridgehead atoms. The topological polar surface area (TPSA) is 134 Å². The Labute approximate surface area is 307 Å². The van der Waals surface area contributed by atoms with Crippen LogP contribution in [0.3, 0.4) is 0 Å². The number of hydrogen-bond acceptors (Lipinski definition) is 6. The number of carbonyl (C=O) groups is 2. The molecule has 52 heavy (non-hydrogen) atoms. The van der Waals surface area contributed by atoms with Crippen molar-refractivity contribution in [1.82, 2.24) is 0 Å². The molecule has 1 aliphatic carbocycles. The van der Waals surface area contributed by atoms with E-state index in [0.29, 0.717) is 44.9 Å². The van der Waals surface area contributed by atoms with Gasteiger partial charge in [-0.25, -0.2) is 9.59 Å². The predicted molar refractivity (Wildman–Crippen MR) is 203 cm³/mol. The smallest absolute Gasteiger partial charge is 0.341 e. The van der Waals surface area contributed by atoms with Crippen molar-refractivity contribution in [1.29, 1.82) is 0 Å². The van der Waals surface area contributed by atoms with E-state index in [1.807, 2.05) is 54.6 Å². The first-order valence-corrected chi connectivity index (χ1v) is 17.8. The van der Waals surface area contributed by atoms with Gasteiger partial charge in [-0.3, -0.25) is 0 Å². The first-order valence-electron chi connectivity index (χ1n) is 17.8. The Morgan fingerprint density at radius 1 is 0.500 bits per heavy atom. The maximum atomic E-state index is 12.0. The van der Waals surface area contributed by atoms with E-state index in [1.165, 1.54) is 0 Å². The fourth-order valence-electron chi connectivity index (χ4n) is 6.75. The molecule has 0 saturated carbocycles. The minimum atomic E-state index is -1.11. The van der Waals surface area contributed by atoms with Crippen molar-refractivity contribution in [2.24, 2.45) is 0 Å². The van der Waals surface area contributed by atoms with E-state index in [4.69, 9.17) is 9.47 Å². The summed E-state index contributed by atoms with van der Waals surface area (Å²) in [4.78, 5) is 23.7. The Bertz CT molecular complexity index is 1900. The molecule has 0 atom stereocenters. The van der Waals surface area contributed by atoms with Gasteiger partial charge in [0.15, 0.2) is 13.2 Å². The van der Waals surface area contributed by atoms with Crippen molar-refractivity contribution in [2.45, 2.75) is 104 Å². The average molecular weight is 709 g/mol. The third-order valence-corrected chi connectivity index (χ3v) is 9.76. The Hall–Kier alpha value is -4.98. The van der Waals surface area contributed by atoms with Crippen molar-refractivity contribution in [3.05, 3.63) is 116 Å².